The van der Waals surface area contributed by atoms with E-state index in [1.165, 1.54) is 0 Å². The maximum absolute atomic E-state index is 12.9. The largest absolute Gasteiger partial charge is 0.497 e. The Bertz CT molecular complexity index is 1110. The molecule has 30 heavy (non-hydrogen) atoms. The highest BCUT2D eigenvalue weighted by atomic mass is 32.2. The number of thioether (sulfide) groups is 1. The summed E-state index contributed by atoms with van der Waals surface area (Å²) in [5, 5.41) is 7.55. The van der Waals surface area contributed by atoms with Crippen molar-refractivity contribution in [3.8, 4) is 17.2 Å². The second-order valence-electron chi connectivity index (χ2n) is 7.30. The lowest BCUT2D eigenvalue weighted by Gasteiger charge is -2.20. The van der Waals surface area contributed by atoms with Crippen LogP contribution in [0.25, 0.3) is 5.69 Å². The first-order chi connectivity index (χ1) is 14.4. The van der Waals surface area contributed by atoms with Gasteiger partial charge in [-0.2, -0.15) is 5.10 Å². The minimum Gasteiger partial charge on any atom is -0.497 e. The molecule has 2 heterocycles. The number of carbonyl (C=O) groups excluding carboxylic acids is 1. The quantitative estimate of drug-likeness (QED) is 0.661. The van der Waals surface area contributed by atoms with Crippen LogP contribution in [0.4, 0.5) is 5.82 Å². The van der Waals surface area contributed by atoms with Gasteiger partial charge in [0.2, 0.25) is 5.91 Å². The minimum atomic E-state index is -0.247. The van der Waals surface area contributed by atoms with Gasteiger partial charge in [0, 0.05) is 11.1 Å². The number of aryl methyl sites for hydroxylation is 2. The van der Waals surface area contributed by atoms with Crippen LogP contribution >= 0.6 is 11.8 Å². The van der Waals surface area contributed by atoms with E-state index in [0.29, 0.717) is 5.82 Å². The highest BCUT2D eigenvalue weighted by molar-refractivity contribution is 8.01. The fourth-order valence-electron chi connectivity index (χ4n) is 3.77. The van der Waals surface area contributed by atoms with Crippen molar-refractivity contribution in [1.82, 2.24) is 9.78 Å². The monoisotopic (exact) mass is 423 g/mol. The molecule has 3 aromatic rings. The van der Waals surface area contributed by atoms with E-state index in [-0.39, 0.29) is 16.4 Å². The van der Waals surface area contributed by atoms with Gasteiger partial charge in [-0.05, 0) is 50.6 Å². The highest BCUT2D eigenvalue weighted by Gasteiger charge is 2.35. The van der Waals surface area contributed by atoms with Crippen LogP contribution < -0.4 is 14.8 Å². The summed E-state index contributed by atoms with van der Waals surface area (Å²) in [7, 11) is 3.30. The average molecular weight is 424 g/mol. The third-order valence-electron chi connectivity index (χ3n) is 5.38. The number of amides is 1. The molecule has 0 aliphatic carbocycles. The van der Waals surface area contributed by atoms with Gasteiger partial charge in [-0.15, -0.1) is 11.8 Å². The summed E-state index contributed by atoms with van der Waals surface area (Å²) in [5.41, 5.74) is 4.83. The third-order valence-corrected chi connectivity index (χ3v) is 6.77. The van der Waals surface area contributed by atoms with Crippen LogP contribution in [0, 0.1) is 13.8 Å². The van der Waals surface area contributed by atoms with Crippen LogP contribution in [0.2, 0.25) is 0 Å². The number of nitrogens with one attached hydrogen (secondary N) is 1. The number of aromatic nitrogens is 2. The molecule has 2 atom stereocenters. The SMILES string of the molecule is COc1ccc(OC)c(C2SC(C)C(=O)Nc3c2c(C)nn3-c2ccccc2C)c1. The van der Waals surface area contributed by atoms with E-state index in [9.17, 15) is 4.79 Å². The molecular weight excluding hydrogens is 398 g/mol. The Balaban J connectivity index is 1.96. The molecule has 0 saturated heterocycles. The lowest BCUT2D eigenvalue weighted by molar-refractivity contribution is -0.115. The summed E-state index contributed by atoms with van der Waals surface area (Å²) in [4.78, 5) is 12.9. The number of benzene rings is 2. The van der Waals surface area contributed by atoms with Crippen molar-refractivity contribution >= 4 is 23.5 Å². The van der Waals surface area contributed by atoms with Gasteiger partial charge >= 0.3 is 0 Å². The summed E-state index contributed by atoms with van der Waals surface area (Å²) < 4.78 is 13.0. The van der Waals surface area contributed by atoms with Crippen LogP contribution in [0.5, 0.6) is 11.5 Å². The summed E-state index contributed by atoms with van der Waals surface area (Å²) in [6.07, 6.45) is 0. The summed E-state index contributed by atoms with van der Waals surface area (Å²) in [5.74, 6) is 2.16. The van der Waals surface area contributed by atoms with E-state index in [1.54, 1.807) is 26.0 Å². The van der Waals surface area contributed by atoms with Crippen molar-refractivity contribution in [2.24, 2.45) is 0 Å². The zero-order chi connectivity index (χ0) is 21.4. The summed E-state index contributed by atoms with van der Waals surface area (Å²) >= 11 is 1.59. The maximum atomic E-state index is 12.9. The Hall–Kier alpha value is -2.93. The number of carbonyl (C=O) groups is 1. The Kier molecular flexibility index (Phi) is 5.47. The molecule has 4 rings (SSSR count). The molecule has 1 aliphatic heterocycles. The van der Waals surface area contributed by atoms with Crippen LogP contribution in [0.15, 0.2) is 42.5 Å². The molecule has 7 heteroatoms. The highest BCUT2D eigenvalue weighted by Crippen LogP contribution is 2.49. The number of methoxy groups -OCH3 is 2. The first-order valence-corrected chi connectivity index (χ1v) is 10.7. The Labute approximate surface area is 180 Å². The number of rotatable bonds is 4. The first kappa shape index (κ1) is 20.3. The fraction of sp³-hybridized carbons (Fsp3) is 0.304. The Morgan fingerprint density at radius 2 is 1.87 bits per heavy atom. The molecule has 156 valence electrons. The van der Waals surface area contributed by atoms with Gasteiger partial charge in [-0.3, -0.25) is 4.79 Å². The van der Waals surface area contributed by atoms with Gasteiger partial charge in [0.15, 0.2) is 0 Å². The number of fused-ring (bicyclic) bond motifs is 1. The molecule has 6 nitrogen and oxygen atoms in total. The van der Waals surface area contributed by atoms with Gasteiger partial charge in [0.1, 0.15) is 17.3 Å². The van der Waals surface area contributed by atoms with Gasteiger partial charge in [-0.1, -0.05) is 18.2 Å². The predicted molar refractivity (Wildman–Crippen MR) is 120 cm³/mol. The zero-order valence-electron chi connectivity index (χ0n) is 17.7. The molecule has 1 aliphatic rings. The first-order valence-electron chi connectivity index (χ1n) is 9.78. The number of anilines is 1. The van der Waals surface area contributed by atoms with Gasteiger partial charge in [-0.25, -0.2) is 4.68 Å². The topological polar surface area (TPSA) is 65.4 Å². The molecule has 1 aromatic heterocycles. The number of hydrogen-bond acceptors (Lipinski definition) is 5. The minimum absolute atomic E-state index is 0.0413. The molecular formula is C23H25N3O3S. The second kappa shape index (κ2) is 8.07. The number of para-hydroxylation sites is 1. The van der Waals surface area contributed by atoms with Crippen molar-refractivity contribution in [2.75, 3.05) is 19.5 Å². The Morgan fingerprint density at radius 1 is 1.10 bits per heavy atom. The van der Waals surface area contributed by atoms with Gasteiger partial charge in [0.05, 0.1) is 36.1 Å². The molecule has 2 aromatic carbocycles. The Morgan fingerprint density at radius 3 is 2.57 bits per heavy atom. The lowest BCUT2D eigenvalue weighted by atomic mass is 10.0. The second-order valence-corrected chi connectivity index (χ2v) is 8.75. The van der Waals surface area contributed by atoms with Crippen LogP contribution in [0.3, 0.4) is 0 Å². The molecule has 1 amide bonds. The van der Waals surface area contributed by atoms with E-state index in [4.69, 9.17) is 14.6 Å². The molecule has 0 bridgehead atoms. The summed E-state index contributed by atoms with van der Waals surface area (Å²) in [6.45, 7) is 5.94. The molecule has 0 fully saturated rings. The molecule has 2 unspecified atom stereocenters. The van der Waals surface area contributed by atoms with E-state index in [2.05, 4.69) is 5.32 Å². The fourth-order valence-corrected chi connectivity index (χ4v) is 5.11. The number of nitrogens with zero attached hydrogens (tertiary/aromatic N) is 2. The normalized spacial score (nSPS) is 18.4. The van der Waals surface area contributed by atoms with Crippen molar-refractivity contribution in [3.05, 3.63) is 64.8 Å². The number of hydrogen-bond donors (Lipinski definition) is 1. The smallest absolute Gasteiger partial charge is 0.238 e. The predicted octanol–water partition coefficient (Wildman–Crippen LogP) is 4.67. The molecule has 0 radical (unpaired) electrons. The van der Waals surface area contributed by atoms with Crippen molar-refractivity contribution in [3.63, 3.8) is 0 Å². The van der Waals surface area contributed by atoms with E-state index in [0.717, 1.165) is 39.6 Å². The van der Waals surface area contributed by atoms with Crippen LogP contribution in [-0.4, -0.2) is 35.2 Å². The third kappa shape index (κ3) is 3.43. The maximum Gasteiger partial charge on any atom is 0.238 e. The van der Waals surface area contributed by atoms with Crippen LogP contribution in [0.1, 0.15) is 34.6 Å². The van der Waals surface area contributed by atoms with E-state index < -0.39 is 0 Å². The summed E-state index contributed by atoms with van der Waals surface area (Å²) in [6, 6.07) is 13.8. The molecule has 1 N–H and O–H groups in total. The van der Waals surface area contributed by atoms with Gasteiger partial charge in [0.25, 0.3) is 0 Å². The number of ether oxygens (including phenoxy) is 2. The molecule has 0 spiro atoms. The van der Waals surface area contributed by atoms with Crippen molar-refractivity contribution < 1.29 is 14.3 Å². The van der Waals surface area contributed by atoms with Crippen molar-refractivity contribution in [1.29, 1.82) is 0 Å². The van der Waals surface area contributed by atoms with E-state index in [1.807, 2.05) is 67.9 Å². The van der Waals surface area contributed by atoms with E-state index >= 15 is 0 Å². The van der Waals surface area contributed by atoms with Crippen molar-refractivity contribution in [2.45, 2.75) is 31.3 Å². The van der Waals surface area contributed by atoms with Crippen LogP contribution in [-0.2, 0) is 4.79 Å². The molecule has 0 saturated carbocycles. The van der Waals surface area contributed by atoms with Gasteiger partial charge < -0.3 is 14.8 Å². The average Bonchev–Trinajstić information content (AvgIpc) is 2.99. The standard InChI is InChI=1S/C23H25N3O3S/c1-13-8-6-7-9-18(13)26-22-20(14(2)25-26)21(30-15(3)23(27)24-22)17-12-16(28-4)10-11-19(17)29-5/h6-12,15,21H,1-5H3,(H,24,27). The zero-order valence-corrected chi connectivity index (χ0v) is 18.5. The lowest BCUT2D eigenvalue weighted by Crippen LogP contribution is -2.22.